The lowest BCUT2D eigenvalue weighted by Crippen LogP contribution is -2.47. The molecule has 3 aromatic rings. The fourth-order valence-electron chi connectivity index (χ4n) is 2.28. The zero-order chi connectivity index (χ0) is 23.2. The number of carboxylic acid groups (broad SMARTS) is 2. The lowest BCUT2D eigenvalue weighted by Gasteiger charge is -2.10. The van der Waals surface area contributed by atoms with Crippen LogP contribution in [0.25, 0.3) is 0 Å². The zero-order valence-corrected chi connectivity index (χ0v) is 17.2. The maximum absolute atomic E-state index is 10.5. The molecule has 32 heavy (non-hydrogen) atoms. The number of nitro groups is 1. The van der Waals surface area contributed by atoms with Crippen molar-refractivity contribution in [2.24, 2.45) is 0 Å². The Bertz CT molecular complexity index is 957. The van der Waals surface area contributed by atoms with Crippen LogP contribution in [0.4, 0.5) is 5.69 Å². The van der Waals surface area contributed by atoms with Gasteiger partial charge in [-0.05, 0) is 6.07 Å². The van der Waals surface area contributed by atoms with Crippen LogP contribution in [0.15, 0.2) is 78.9 Å². The van der Waals surface area contributed by atoms with Crippen molar-refractivity contribution in [1.82, 2.24) is 0 Å². The van der Waals surface area contributed by atoms with Gasteiger partial charge in [-0.3, -0.25) is 10.1 Å². The summed E-state index contributed by atoms with van der Waals surface area (Å²) in [5.74, 6) is -3.54. The van der Waals surface area contributed by atoms with Gasteiger partial charge in [-0.1, -0.05) is 60.7 Å². The third-order valence-corrected chi connectivity index (χ3v) is 3.92. The number of carbonyl (C=O) groups excluding carboxylic acids is 2. The van der Waals surface area contributed by atoms with E-state index in [1.807, 2.05) is 36.4 Å². The van der Waals surface area contributed by atoms with Crippen LogP contribution in [0.3, 0.4) is 0 Å². The smallest absolute Gasteiger partial charge is 0.270 e. The molecule has 0 heterocycles. The van der Waals surface area contributed by atoms with Crippen molar-refractivity contribution in [2.75, 3.05) is 0 Å². The van der Waals surface area contributed by atoms with E-state index in [1.165, 1.54) is 11.1 Å². The minimum atomic E-state index is -1.81. The molecule has 8 N–H and O–H groups in total. The second-order valence-electron chi connectivity index (χ2n) is 6.03. The molecule has 10 nitrogen and oxygen atoms in total. The van der Waals surface area contributed by atoms with Gasteiger partial charge in [0.1, 0.15) is 0 Å². The molecule has 0 fully saturated rings. The van der Waals surface area contributed by atoms with Gasteiger partial charge in [0.2, 0.25) is 0 Å². The van der Waals surface area contributed by atoms with Gasteiger partial charge in [-0.2, -0.15) is 0 Å². The van der Waals surface area contributed by atoms with Crippen LogP contribution in [0.1, 0.15) is 31.8 Å². The van der Waals surface area contributed by atoms with Crippen LogP contribution >= 0.6 is 0 Å². The van der Waals surface area contributed by atoms with E-state index in [9.17, 15) is 29.9 Å². The third kappa shape index (κ3) is 9.59. The molecule has 0 aliphatic rings. The Morgan fingerprint density at radius 3 is 1.41 bits per heavy atom. The maximum atomic E-state index is 10.5. The van der Waals surface area contributed by atoms with Gasteiger partial charge in [0.25, 0.3) is 5.69 Å². The standard InChI is InChI=1S/C8H5NO6.2C7H9N.H2O/c10-7(11)5-2-1-4(9(14)15)3-6(5)8(12)13;2*8-6-7-4-2-1-3-5-7;/h1-3H,(H,10,11)(H,12,13);2*1-5H,6,8H2;1H2. The monoisotopic (exact) mass is 443 g/mol. The Balaban J connectivity index is 0.000000480. The Hall–Kier alpha value is -4.12. The van der Waals surface area contributed by atoms with E-state index in [2.05, 4.69) is 35.7 Å². The Kier molecular flexibility index (Phi) is 12.9. The first kappa shape index (κ1) is 27.9. The summed E-state index contributed by atoms with van der Waals surface area (Å²) in [4.78, 5) is 30.4. The van der Waals surface area contributed by atoms with Gasteiger partial charge in [0.15, 0.2) is 0 Å². The molecule has 0 saturated heterocycles. The SMILES string of the molecule is O.O=C([O-])c1ccc([N+](=O)[O-])cc1C(=O)[O-].[NH3+]Cc1ccccc1.[NH3+]Cc1ccccc1. The molecule has 10 heteroatoms. The van der Waals surface area contributed by atoms with E-state index in [-0.39, 0.29) is 5.48 Å². The van der Waals surface area contributed by atoms with Crippen LogP contribution in [0.2, 0.25) is 0 Å². The second kappa shape index (κ2) is 14.8. The number of nitrogens with zero attached hydrogens (tertiary/aromatic N) is 1. The van der Waals surface area contributed by atoms with Gasteiger partial charge < -0.3 is 36.7 Å². The van der Waals surface area contributed by atoms with Gasteiger partial charge in [-0.15, -0.1) is 0 Å². The number of aromatic carboxylic acids is 2. The van der Waals surface area contributed by atoms with Crippen LogP contribution in [-0.4, -0.2) is 22.3 Å². The molecule has 0 radical (unpaired) electrons. The summed E-state index contributed by atoms with van der Waals surface area (Å²) in [5, 5.41) is 31.2. The average Bonchev–Trinajstić information content (AvgIpc) is 2.80. The van der Waals surface area contributed by atoms with Crippen LogP contribution < -0.4 is 21.7 Å². The van der Waals surface area contributed by atoms with Crippen molar-refractivity contribution < 1.29 is 41.7 Å². The number of carbonyl (C=O) groups is 2. The molecule has 170 valence electrons. The number of hydrogen-bond donors (Lipinski definition) is 2. The van der Waals surface area contributed by atoms with E-state index in [1.54, 1.807) is 0 Å². The Labute approximate surface area is 184 Å². The highest BCUT2D eigenvalue weighted by Crippen LogP contribution is 2.16. The highest BCUT2D eigenvalue weighted by Gasteiger charge is 2.11. The number of hydrogen-bond acceptors (Lipinski definition) is 6. The summed E-state index contributed by atoms with van der Waals surface area (Å²) in [6, 6.07) is 22.7. The van der Waals surface area contributed by atoms with E-state index < -0.39 is 33.7 Å². The van der Waals surface area contributed by atoms with Crippen molar-refractivity contribution in [3.05, 3.63) is 111 Å². The molecule has 0 unspecified atom stereocenters. The van der Waals surface area contributed by atoms with E-state index in [4.69, 9.17) is 0 Å². The predicted molar refractivity (Wildman–Crippen MR) is 111 cm³/mol. The van der Waals surface area contributed by atoms with Crippen molar-refractivity contribution >= 4 is 17.6 Å². The van der Waals surface area contributed by atoms with E-state index in [0.29, 0.717) is 6.07 Å². The van der Waals surface area contributed by atoms with Crippen molar-refractivity contribution in [3.8, 4) is 0 Å². The first-order chi connectivity index (χ1) is 14.8. The van der Waals surface area contributed by atoms with Gasteiger partial charge >= 0.3 is 0 Å². The van der Waals surface area contributed by atoms with Crippen molar-refractivity contribution in [2.45, 2.75) is 13.1 Å². The second-order valence-corrected chi connectivity index (χ2v) is 6.03. The lowest BCUT2D eigenvalue weighted by atomic mass is 10.1. The number of benzene rings is 3. The molecule has 0 spiro atoms. The average molecular weight is 443 g/mol. The van der Waals surface area contributed by atoms with Crippen molar-refractivity contribution in [3.63, 3.8) is 0 Å². The predicted octanol–water partition coefficient (Wildman–Crippen LogP) is -1.65. The fourth-order valence-corrected chi connectivity index (χ4v) is 2.28. The summed E-state index contributed by atoms with van der Waals surface area (Å²) in [7, 11) is 0. The third-order valence-electron chi connectivity index (χ3n) is 3.92. The fraction of sp³-hybridized carbons (Fsp3) is 0.0909. The quantitative estimate of drug-likeness (QED) is 0.348. The molecule has 0 bridgehead atoms. The number of nitro benzene ring substituents is 1. The minimum absolute atomic E-state index is 0. The Morgan fingerprint density at radius 1 is 0.719 bits per heavy atom. The van der Waals surface area contributed by atoms with Gasteiger partial charge in [-0.25, -0.2) is 0 Å². The summed E-state index contributed by atoms with van der Waals surface area (Å²) in [6.45, 7) is 1.78. The summed E-state index contributed by atoms with van der Waals surface area (Å²) < 4.78 is 0. The van der Waals surface area contributed by atoms with Gasteiger partial charge in [0, 0.05) is 34.4 Å². The number of carboxylic acids is 2. The minimum Gasteiger partial charge on any atom is -0.545 e. The highest BCUT2D eigenvalue weighted by atomic mass is 16.6. The molecule has 0 aliphatic heterocycles. The molecular formula is C22H25N3O7. The molecule has 0 amide bonds. The van der Waals surface area contributed by atoms with Crippen LogP contribution in [0.5, 0.6) is 0 Å². The molecule has 3 rings (SSSR count). The topological polar surface area (TPSA) is 210 Å². The Morgan fingerprint density at radius 2 is 1.12 bits per heavy atom. The number of rotatable bonds is 5. The summed E-state index contributed by atoms with van der Waals surface area (Å²) in [5.41, 5.74) is 8.15. The number of quaternary nitrogens is 2. The lowest BCUT2D eigenvalue weighted by molar-refractivity contribution is -0.386. The van der Waals surface area contributed by atoms with Gasteiger partial charge in [0.05, 0.1) is 30.0 Å². The molecule has 0 aliphatic carbocycles. The summed E-state index contributed by atoms with van der Waals surface area (Å²) >= 11 is 0. The zero-order valence-electron chi connectivity index (χ0n) is 17.2. The van der Waals surface area contributed by atoms with E-state index >= 15 is 0 Å². The molecular weight excluding hydrogens is 418 g/mol. The van der Waals surface area contributed by atoms with E-state index in [0.717, 1.165) is 25.2 Å². The molecule has 0 atom stereocenters. The maximum Gasteiger partial charge on any atom is 0.270 e. The van der Waals surface area contributed by atoms with Crippen LogP contribution in [-0.2, 0) is 13.1 Å². The molecule has 3 aromatic carbocycles. The van der Waals surface area contributed by atoms with Crippen LogP contribution in [0, 0.1) is 10.1 Å². The number of non-ortho nitro benzene ring substituents is 1. The summed E-state index contributed by atoms with van der Waals surface area (Å²) in [6.07, 6.45) is 0. The van der Waals surface area contributed by atoms with Crippen molar-refractivity contribution in [1.29, 1.82) is 0 Å². The largest absolute Gasteiger partial charge is 0.545 e. The molecule has 0 aromatic heterocycles. The first-order valence-electron chi connectivity index (χ1n) is 9.17. The molecule has 0 saturated carbocycles. The highest BCUT2D eigenvalue weighted by molar-refractivity contribution is 6.00. The normalized spacial score (nSPS) is 9.06. The first-order valence-corrected chi connectivity index (χ1v) is 9.17.